The fraction of sp³-hybridized carbons (Fsp3) is 0.182. The predicted octanol–water partition coefficient (Wildman–Crippen LogP) is 3.81. The molecule has 2 aromatic carbocycles. The van der Waals surface area contributed by atoms with Crippen LogP contribution in [0.1, 0.15) is 15.9 Å². The summed E-state index contributed by atoms with van der Waals surface area (Å²) in [5, 5.41) is 6.10. The molecule has 0 unspecified atom stereocenters. The van der Waals surface area contributed by atoms with Gasteiger partial charge in [-0.05, 0) is 60.5 Å². The van der Waals surface area contributed by atoms with Gasteiger partial charge in [0, 0.05) is 18.4 Å². The van der Waals surface area contributed by atoms with E-state index in [1.54, 1.807) is 32.5 Å². The van der Waals surface area contributed by atoms with Crippen molar-refractivity contribution in [2.75, 3.05) is 26.1 Å². The molecule has 0 saturated carbocycles. The number of ether oxygens (including phenoxy) is 2. The number of aromatic nitrogens is 1. The van der Waals surface area contributed by atoms with Gasteiger partial charge in [-0.25, -0.2) is 4.98 Å². The van der Waals surface area contributed by atoms with Crippen LogP contribution < -0.4 is 20.1 Å². The van der Waals surface area contributed by atoms with Crippen molar-refractivity contribution in [1.82, 2.24) is 10.3 Å². The van der Waals surface area contributed by atoms with E-state index in [0.717, 1.165) is 29.2 Å². The summed E-state index contributed by atoms with van der Waals surface area (Å²) < 4.78 is 10.3. The van der Waals surface area contributed by atoms with Gasteiger partial charge in [0.05, 0.1) is 19.8 Å². The lowest BCUT2D eigenvalue weighted by atomic mass is 10.1. The Hall–Kier alpha value is -3.54. The van der Waals surface area contributed by atoms with Gasteiger partial charge in [0.25, 0.3) is 5.91 Å². The highest BCUT2D eigenvalue weighted by Gasteiger charge is 2.06. The third-order valence-corrected chi connectivity index (χ3v) is 4.22. The van der Waals surface area contributed by atoms with Crippen LogP contribution in [0.5, 0.6) is 11.5 Å². The van der Waals surface area contributed by atoms with Gasteiger partial charge in [-0.15, -0.1) is 0 Å². The Morgan fingerprint density at radius 3 is 2.43 bits per heavy atom. The molecule has 1 aromatic heterocycles. The van der Waals surface area contributed by atoms with E-state index in [9.17, 15) is 4.79 Å². The molecule has 0 aliphatic rings. The second kappa shape index (κ2) is 9.41. The smallest absolute Gasteiger partial charge is 0.252 e. The van der Waals surface area contributed by atoms with Gasteiger partial charge in [-0.3, -0.25) is 4.79 Å². The maximum absolute atomic E-state index is 12.3. The van der Waals surface area contributed by atoms with Crippen molar-refractivity contribution in [3.63, 3.8) is 0 Å². The molecule has 2 N–H and O–H groups in total. The maximum Gasteiger partial charge on any atom is 0.252 e. The van der Waals surface area contributed by atoms with E-state index in [1.807, 2.05) is 48.5 Å². The van der Waals surface area contributed by atoms with E-state index < -0.39 is 0 Å². The highest BCUT2D eigenvalue weighted by molar-refractivity contribution is 5.94. The Labute approximate surface area is 164 Å². The second-order valence-corrected chi connectivity index (χ2v) is 6.14. The molecule has 0 saturated heterocycles. The fourth-order valence-corrected chi connectivity index (χ4v) is 2.67. The number of methoxy groups -OCH3 is 2. The van der Waals surface area contributed by atoms with Crippen molar-refractivity contribution in [3.05, 3.63) is 78.0 Å². The molecule has 1 amide bonds. The molecular weight excluding hydrogens is 354 g/mol. The first-order valence-electron chi connectivity index (χ1n) is 8.96. The molecule has 3 aromatic rings. The number of pyridine rings is 1. The molecule has 3 rings (SSSR count). The maximum atomic E-state index is 12.3. The number of carbonyl (C=O) groups excluding carboxylic acids is 1. The lowest BCUT2D eigenvalue weighted by molar-refractivity contribution is 0.0954. The van der Waals surface area contributed by atoms with Crippen LogP contribution in [-0.2, 0) is 6.42 Å². The Balaban J connectivity index is 1.51. The molecule has 6 nitrogen and oxygen atoms in total. The van der Waals surface area contributed by atoms with Crippen LogP contribution in [0.3, 0.4) is 0 Å². The standard InChI is InChI=1S/C22H23N3O3/c1-27-19-9-7-18(8-10-19)25-21-11-6-17(15-24-21)22(26)23-13-12-16-4-3-5-20(14-16)28-2/h3-11,14-15H,12-13H2,1-2H3,(H,23,26)(H,24,25). The van der Waals surface area contributed by atoms with Gasteiger partial charge < -0.3 is 20.1 Å². The molecule has 144 valence electrons. The molecule has 0 radical (unpaired) electrons. The SMILES string of the molecule is COc1ccc(Nc2ccc(C(=O)NCCc3cccc(OC)c3)cn2)cc1. The fourth-order valence-electron chi connectivity index (χ4n) is 2.67. The largest absolute Gasteiger partial charge is 0.497 e. The van der Waals surface area contributed by atoms with Crippen LogP contribution in [0.25, 0.3) is 0 Å². The van der Waals surface area contributed by atoms with E-state index >= 15 is 0 Å². The van der Waals surface area contributed by atoms with Gasteiger partial charge in [0.2, 0.25) is 0 Å². The van der Waals surface area contributed by atoms with Crippen LogP contribution in [0.15, 0.2) is 66.9 Å². The summed E-state index contributed by atoms with van der Waals surface area (Å²) in [5.41, 5.74) is 2.52. The number of hydrogen-bond donors (Lipinski definition) is 2. The first-order valence-corrected chi connectivity index (χ1v) is 8.96. The van der Waals surface area contributed by atoms with Crippen LogP contribution in [0, 0.1) is 0 Å². The second-order valence-electron chi connectivity index (χ2n) is 6.14. The lowest BCUT2D eigenvalue weighted by Crippen LogP contribution is -2.25. The third kappa shape index (κ3) is 5.23. The minimum Gasteiger partial charge on any atom is -0.497 e. The van der Waals surface area contributed by atoms with E-state index in [-0.39, 0.29) is 5.91 Å². The van der Waals surface area contributed by atoms with Crippen molar-refractivity contribution in [1.29, 1.82) is 0 Å². The molecule has 0 spiro atoms. The minimum atomic E-state index is -0.147. The Bertz CT molecular complexity index is 909. The molecule has 6 heteroatoms. The number of hydrogen-bond acceptors (Lipinski definition) is 5. The average molecular weight is 377 g/mol. The molecule has 0 aliphatic carbocycles. The lowest BCUT2D eigenvalue weighted by Gasteiger charge is -2.09. The first kappa shape index (κ1) is 19.2. The number of amides is 1. The molecule has 1 heterocycles. The summed E-state index contributed by atoms with van der Waals surface area (Å²) in [6.45, 7) is 0.540. The van der Waals surface area contributed by atoms with Crippen molar-refractivity contribution in [2.24, 2.45) is 0 Å². The highest BCUT2D eigenvalue weighted by Crippen LogP contribution is 2.18. The van der Waals surface area contributed by atoms with Crippen LogP contribution in [0.2, 0.25) is 0 Å². The minimum absolute atomic E-state index is 0.147. The predicted molar refractivity (Wildman–Crippen MR) is 110 cm³/mol. The van der Waals surface area contributed by atoms with Crippen molar-refractivity contribution in [3.8, 4) is 11.5 Å². The molecule has 0 aliphatic heterocycles. The Morgan fingerprint density at radius 2 is 1.75 bits per heavy atom. The summed E-state index contributed by atoms with van der Waals surface area (Å²) in [6.07, 6.45) is 2.29. The van der Waals surface area contributed by atoms with Crippen molar-refractivity contribution in [2.45, 2.75) is 6.42 Å². The van der Waals surface area contributed by atoms with E-state index in [1.165, 1.54) is 0 Å². The van der Waals surface area contributed by atoms with Gasteiger partial charge in [0.15, 0.2) is 0 Å². The number of nitrogens with zero attached hydrogens (tertiary/aromatic N) is 1. The van der Waals surface area contributed by atoms with Crippen LogP contribution >= 0.6 is 0 Å². The number of rotatable bonds is 8. The quantitative estimate of drug-likeness (QED) is 0.624. The molecule has 28 heavy (non-hydrogen) atoms. The summed E-state index contributed by atoms with van der Waals surface area (Å²) in [4.78, 5) is 16.6. The van der Waals surface area contributed by atoms with Gasteiger partial charge in [-0.1, -0.05) is 12.1 Å². The van der Waals surface area contributed by atoms with E-state index in [4.69, 9.17) is 9.47 Å². The average Bonchev–Trinajstić information content (AvgIpc) is 2.75. The zero-order valence-corrected chi connectivity index (χ0v) is 15.9. The topological polar surface area (TPSA) is 72.5 Å². The van der Waals surface area contributed by atoms with Crippen LogP contribution in [0.4, 0.5) is 11.5 Å². The number of nitrogens with one attached hydrogen (secondary N) is 2. The van der Waals surface area contributed by atoms with Crippen LogP contribution in [-0.4, -0.2) is 31.7 Å². The summed E-state index contributed by atoms with van der Waals surface area (Å²) in [5.74, 6) is 2.12. The zero-order valence-electron chi connectivity index (χ0n) is 15.9. The van der Waals surface area contributed by atoms with Gasteiger partial charge >= 0.3 is 0 Å². The monoisotopic (exact) mass is 377 g/mol. The summed E-state index contributed by atoms with van der Waals surface area (Å²) in [7, 11) is 3.27. The van der Waals surface area contributed by atoms with E-state index in [0.29, 0.717) is 17.9 Å². The molecular formula is C22H23N3O3. The van der Waals surface area contributed by atoms with Crippen molar-refractivity contribution < 1.29 is 14.3 Å². The normalized spacial score (nSPS) is 10.2. The summed E-state index contributed by atoms with van der Waals surface area (Å²) >= 11 is 0. The molecule has 0 atom stereocenters. The third-order valence-electron chi connectivity index (χ3n) is 4.22. The zero-order chi connectivity index (χ0) is 19.8. The number of benzene rings is 2. The first-order chi connectivity index (χ1) is 13.7. The molecule has 0 bridgehead atoms. The van der Waals surface area contributed by atoms with Gasteiger partial charge in [-0.2, -0.15) is 0 Å². The molecule has 0 fully saturated rings. The van der Waals surface area contributed by atoms with E-state index in [2.05, 4.69) is 15.6 Å². The Morgan fingerprint density at radius 1 is 0.964 bits per heavy atom. The highest BCUT2D eigenvalue weighted by atomic mass is 16.5. The van der Waals surface area contributed by atoms with Gasteiger partial charge in [0.1, 0.15) is 17.3 Å². The Kier molecular flexibility index (Phi) is 6.46. The summed E-state index contributed by atoms with van der Waals surface area (Å²) in [6, 6.07) is 18.9. The van der Waals surface area contributed by atoms with Crippen molar-refractivity contribution >= 4 is 17.4 Å². The number of carbonyl (C=O) groups is 1. The number of anilines is 2.